The third-order valence-electron chi connectivity index (χ3n) is 5.83. The van der Waals surface area contributed by atoms with Gasteiger partial charge < -0.3 is 19.3 Å². The zero-order chi connectivity index (χ0) is 19.9. The number of nitrogens with zero attached hydrogens (tertiary/aromatic N) is 1. The Hall–Kier alpha value is -2.72. The topological polar surface area (TPSA) is 26.1 Å². The van der Waals surface area contributed by atoms with Gasteiger partial charge in [0, 0.05) is 5.39 Å². The SMILES string of the molecule is COc1ccccc1N1CC[NH+](CCCCOc2cccc3ccccc23)CC1. The molecule has 4 nitrogen and oxygen atoms in total. The average Bonchev–Trinajstić information content (AvgIpc) is 2.79. The van der Waals surface area contributed by atoms with Crippen LogP contribution in [0.2, 0.25) is 0 Å². The molecule has 1 fully saturated rings. The molecule has 4 rings (SSSR count). The molecule has 0 radical (unpaired) electrons. The summed E-state index contributed by atoms with van der Waals surface area (Å²) in [6, 6.07) is 23.0. The number of anilines is 1. The van der Waals surface area contributed by atoms with E-state index in [4.69, 9.17) is 9.47 Å². The number of hydrogen-bond acceptors (Lipinski definition) is 3. The van der Waals surface area contributed by atoms with Crippen molar-refractivity contribution in [2.24, 2.45) is 0 Å². The van der Waals surface area contributed by atoms with E-state index in [1.165, 1.54) is 42.5 Å². The molecule has 0 spiro atoms. The molecule has 1 saturated heterocycles. The molecule has 29 heavy (non-hydrogen) atoms. The molecule has 0 saturated carbocycles. The average molecular weight is 392 g/mol. The standard InChI is InChI=1S/C25H30N2O2/c1-28-25-13-5-4-12-23(25)27-18-16-26(17-19-27)15-6-7-20-29-24-14-8-10-21-9-2-3-11-22(21)24/h2-5,8-14H,6-7,15-20H2,1H3/p+1. The quantitative estimate of drug-likeness (QED) is 0.596. The van der Waals surface area contributed by atoms with Gasteiger partial charge in [-0.2, -0.15) is 0 Å². The molecule has 0 amide bonds. The monoisotopic (exact) mass is 391 g/mol. The van der Waals surface area contributed by atoms with Crippen LogP contribution in [0.4, 0.5) is 5.69 Å². The third kappa shape index (κ3) is 4.83. The summed E-state index contributed by atoms with van der Waals surface area (Å²) >= 11 is 0. The lowest BCUT2D eigenvalue weighted by atomic mass is 10.1. The molecular formula is C25H31N2O2+. The highest BCUT2D eigenvalue weighted by Gasteiger charge is 2.21. The zero-order valence-corrected chi connectivity index (χ0v) is 17.3. The molecule has 0 unspecified atom stereocenters. The minimum atomic E-state index is 0.786. The Bertz CT molecular complexity index is 914. The van der Waals surface area contributed by atoms with Crippen molar-refractivity contribution in [2.75, 3.05) is 51.3 Å². The van der Waals surface area contributed by atoms with Gasteiger partial charge in [0.05, 0.1) is 52.1 Å². The summed E-state index contributed by atoms with van der Waals surface area (Å²) in [6.45, 7) is 6.54. The first-order valence-electron chi connectivity index (χ1n) is 10.7. The fourth-order valence-electron chi connectivity index (χ4n) is 4.19. The van der Waals surface area contributed by atoms with E-state index in [1.807, 2.05) is 12.1 Å². The Balaban J connectivity index is 1.18. The summed E-state index contributed by atoms with van der Waals surface area (Å²) in [5.74, 6) is 1.97. The van der Waals surface area contributed by atoms with Crippen molar-refractivity contribution in [1.82, 2.24) is 0 Å². The summed E-state index contributed by atoms with van der Waals surface area (Å²) < 4.78 is 11.6. The van der Waals surface area contributed by atoms with Crippen molar-refractivity contribution in [3.8, 4) is 11.5 Å². The first kappa shape index (κ1) is 19.6. The van der Waals surface area contributed by atoms with Crippen LogP contribution in [0.1, 0.15) is 12.8 Å². The summed E-state index contributed by atoms with van der Waals surface area (Å²) in [7, 11) is 1.75. The van der Waals surface area contributed by atoms with Crippen LogP contribution in [0.15, 0.2) is 66.7 Å². The van der Waals surface area contributed by atoms with E-state index in [1.54, 1.807) is 12.0 Å². The number of nitrogens with one attached hydrogen (secondary N) is 1. The molecule has 0 aromatic heterocycles. The summed E-state index contributed by atoms with van der Waals surface area (Å²) in [5.41, 5.74) is 1.22. The molecular weight excluding hydrogens is 360 g/mol. The van der Waals surface area contributed by atoms with E-state index < -0.39 is 0 Å². The molecule has 152 valence electrons. The van der Waals surface area contributed by atoms with E-state index in [9.17, 15) is 0 Å². The maximum absolute atomic E-state index is 6.08. The van der Waals surface area contributed by atoms with E-state index in [2.05, 4.69) is 59.5 Å². The van der Waals surface area contributed by atoms with Crippen molar-refractivity contribution in [1.29, 1.82) is 0 Å². The lowest BCUT2D eigenvalue weighted by Gasteiger charge is -2.34. The number of unbranched alkanes of at least 4 members (excludes halogenated alkanes) is 1. The molecule has 1 aliphatic heterocycles. The summed E-state index contributed by atoms with van der Waals surface area (Å²) in [6.07, 6.45) is 2.30. The summed E-state index contributed by atoms with van der Waals surface area (Å²) in [4.78, 5) is 4.15. The maximum Gasteiger partial charge on any atom is 0.142 e. The minimum Gasteiger partial charge on any atom is -0.495 e. The molecule has 3 aromatic carbocycles. The van der Waals surface area contributed by atoms with Gasteiger partial charge in [0.1, 0.15) is 11.5 Å². The largest absolute Gasteiger partial charge is 0.495 e. The number of hydrogen-bond donors (Lipinski definition) is 1. The third-order valence-corrected chi connectivity index (χ3v) is 5.83. The molecule has 4 heteroatoms. The van der Waals surface area contributed by atoms with Crippen LogP contribution in [0.3, 0.4) is 0 Å². The second-order valence-electron chi connectivity index (χ2n) is 7.69. The van der Waals surface area contributed by atoms with Crippen LogP contribution < -0.4 is 19.3 Å². The van der Waals surface area contributed by atoms with Gasteiger partial charge in [0.15, 0.2) is 0 Å². The highest BCUT2D eigenvalue weighted by atomic mass is 16.5. The van der Waals surface area contributed by atoms with Gasteiger partial charge in [0.2, 0.25) is 0 Å². The first-order valence-corrected chi connectivity index (χ1v) is 10.7. The Labute approximate surface area is 173 Å². The van der Waals surface area contributed by atoms with Gasteiger partial charge in [-0.3, -0.25) is 0 Å². The fourth-order valence-corrected chi connectivity index (χ4v) is 4.19. The van der Waals surface area contributed by atoms with Crippen molar-refractivity contribution >= 4 is 16.5 Å². The van der Waals surface area contributed by atoms with Crippen molar-refractivity contribution in [2.45, 2.75) is 12.8 Å². The Kier molecular flexibility index (Phi) is 6.52. The molecule has 1 N–H and O–H groups in total. The first-order chi connectivity index (χ1) is 14.3. The smallest absolute Gasteiger partial charge is 0.142 e. The number of para-hydroxylation sites is 2. The lowest BCUT2D eigenvalue weighted by molar-refractivity contribution is -0.900. The predicted octanol–water partition coefficient (Wildman–Crippen LogP) is 3.41. The van der Waals surface area contributed by atoms with Crippen LogP contribution >= 0.6 is 0 Å². The second kappa shape index (κ2) is 9.66. The highest BCUT2D eigenvalue weighted by Crippen LogP contribution is 2.27. The van der Waals surface area contributed by atoms with Gasteiger partial charge in [-0.25, -0.2) is 0 Å². The molecule has 0 bridgehead atoms. The molecule has 1 heterocycles. The van der Waals surface area contributed by atoms with Crippen LogP contribution in [0, 0.1) is 0 Å². The van der Waals surface area contributed by atoms with E-state index in [0.717, 1.165) is 37.6 Å². The van der Waals surface area contributed by atoms with Crippen LogP contribution in [-0.4, -0.2) is 46.4 Å². The number of rotatable bonds is 8. The van der Waals surface area contributed by atoms with E-state index >= 15 is 0 Å². The molecule has 0 atom stereocenters. The van der Waals surface area contributed by atoms with Crippen LogP contribution in [0.25, 0.3) is 10.8 Å². The maximum atomic E-state index is 6.08. The molecule has 3 aromatic rings. The van der Waals surface area contributed by atoms with Gasteiger partial charge >= 0.3 is 0 Å². The minimum absolute atomic E-state index is 0.786. The Morgan fingerprint density at radius 2 is 1.55 bits per heavy atom. The molecule has 0 aliphatic carbocycles. The number of methoxy groups -OCH3 is 1. The zero-order valence-electron chi connectivity index (χ0n) is 17.3. The van der Waals surface area contributed by atoms with Crippen LogP contribution in [-0.2, 0) is 0 Å². The lowest BCUT2D eigenvalue weighted by Crippen LogP contribution is -3.14. The van der Waals surface area contributed by atoms with Crippen LogP contribution in [0.5, 0.6) is 11.5 Å². The van der Waals surface area contributed by atoms with Gasteiger partial charge in [-0.15, -0.1) is 0 Å². The number of benzene rings is 3. The van der Waals surface area contributed by atoms with Crippen molar-refractivity contribution in [3.05, 3.63) is 66.7 Å². The highest BCUT2D eigenvalue weighted by molar-refractivity contribution is 5.88. The van der Waals surface area contributed by atoms with E-state index in [-0.39, 0.29) is 0 Å². The Morgan fingerprint density at radius 3 is 2.41 bits per heavy atom. The predicted molar refractivity (Wildman–Crippen MR) is 119 cm³/mol. The number of fused-ring (bicyclic) bond motifs is 1. The number of piperazine rings is 1. The van der Waals surface area contributed by atoms with Gasteiger partial charge in [-0.1, -0.05) is 48.5 Å². The van der Waals surface area contributed by atoms with Crippen molar-refractivity contribution < 1.29 is 14.4 Å². The number of quaternary nitrogens is 1. The number of ether oxygens (including phenoxy) is 2. The molecule has 1 aliphatic rings. The van der Waals surface area contributed by atoms with E-state index in [0.29, 0.717) is 0 Å². The second-order valence-corrected chi connectivity index (χ2v) is 7.69. The Morgan fingerprint density at radius 1 is 0.828 bits per heavy atom. The normalized spacial score (nSPS) is 14.9. The fraction of sp³-hybridized carbons (Fsp3) is 0.360. The van der Waals surface area contributed by atoms with Gasteiger partial charge in [-0.05, 0) is 36.4 Å². The van der Waals surface area contributed by atoms with Crippen molar-refractivity contribution in [3.63, 3.8) is 0 Å². The summed E-state index contributed by atoms with van der Waals surface area (Å²) in [5, 5.41) is 2.44. The van der Waals surface area contributed by atoms with Gasteiger partial charge in [0.25, 0.3) is 0 Å².